The highest BCUT2D eigenvalue weighted by Crippen LogP contribution is 2.09. The monoisotopic (exact) mass is 269 g/mol. The molecule has 1 aliphatic rings. The van der Waals surface area contributed by atoms with Gasteiger partial charge >= 0.3 is 0 Å². The smallest absolute Gasteiger partial charge is 0.102 e. The summed E-state index contributed by atoms with van der Waals surface area (Å²) in [7, 11) is 0. The van der Waals surface area contributed by atoms with Crippen molar-refractivity contribution in [2.24, 2.45) is 0 Å². The molecular weight excluding hydrogens is 237 g/mol. The van der Waals surface area contributed by atoms with Crippen LogP contribution >= 0.6 is 0 Å². The molecule has 1 atom stereocenters. The highest BCUT2D eigenvalue weighted by Gasteiger charge is 2.09. The molecule has 2 heteroatoms. The second-order valence-electron chi connectivity index (χ2n) is 5.60. The molecule has 0 saturated carbocycles. The molecule has 0 aliphatic carbocycles. The minimum absolute atomic E-state index is 0. The van der Waals surface area contributed by atoms with E-state index in [0.717, 1.165) is 0 Å². The van der Waals surface area contributed by atoms with Crippen LogP contribution in [0.3, 0.4) is 0 Å². The Bertz CT molecular complexity index is 258. The maximum atomic E-state index is 2.42. The second-order valence-corrected chi connectivity index (χ2v) is 5.60. The van der Waals surface area contributed by atoms with Crippen molar-refractivity contribution in [3.63, 3.8) is 0 Å². The highest BCUT2D eigenvalue weighted by atomic mass is 19.0. The van der Waals surface area contributed by atoms with E-state index in [0.29, 0.717) is 0 Å². The molecule has 112 valence electrons. The van der Waals surface area contributed by atoms with Gasteiger partial charge in [0, 0.05) is 11.6 Å². The molecule has 0 amide bonds. The lowest BCUT2D eigenvalue weighted by molar-refractivity contribution is -0.788. The summed E-state index contributed by atoms with van der Waals surface area (Å²) in [4.78, 5) is 1.56. The van der Waals surface area contributed by atoms with E-state index in [2.05, 4.69) is 32.3 Å². The molecule has 0 bridgehead atoms. The van der Waals surface area contributed by atoms with Crippen molar-refractivity contribution in [3.05, 3.63) is 24.0 Å². The fraction of sp³-hybridized carbons (Fsp3) is 0.765. The zero-order valence-corrected chi connectivity index (χ0v) is 12.9. The van der Waals surface area contributed by atoms with Gasteiger partial charge in [-0.1, -0.05) is 52.4 Å². The first-order chi connectivity index (χ1) is 8.86. The molecule has 0 spiro atoms. The molecule has 0 fully saturated rings. The van der Waals surface area contributed by atoms with E-state index in [9.17, 15) is 0 Å². The predicted octanol–water partition coefficient (Wildman–Crippen LogP) is 1.23. The molecule has 1 rings (SSSR count). The quantitative estimate of drug-likeness (QED) is 0.538. The summed E-state index contributed by atoms with van der Waals surface area (Å²) >= 11 is 0. The van der Waals surface area contributed by atoms with E-state index >= 15 is 0 Å². The number of hydrogen-bond donors (Lipinski definition) is 1. The second kappa shape index (κ2) is 12.4. The summed E-state index contributed by atoms with van der Waals surface area (Å²) in [6.07, 6.45) is 20.9. The van der Waals surface area contributed by atoms with Crippen LogP contribution in [0.4, 0.5) is 0 Å². The molecule has 1 nitrogen and oxygen atoms in total. The van der Waals surface area contributed by atoms with E-state index < -0.39 is 0 Å². The van der Waals surface area contributed by atoms with Gasteiger partial charge in [-0.05, 0) is 25.7 Å². The first kappa shape index (κ1) is 18.4. The Morgan fingerprint density at radius 1 is 0.842 bits per heavy atom. The summed E-state index contributed by atoms with van der Waals surface area (Å²) in [6.45, 7) is 5.84. The molecule has 1 aliphatic heterocycles. The average molecular weight is 269 g/mol. The topological polar surface area (TPSA) is 4.44 Å². The summed E-state index contributed by atoms with van der Waals surface area (Å²) < 4.78 is 0. The third-order valence-electron chi connectivity index (χ3n) is 3.77. The van der Waals surface area contributed by atoms with Crippen molar-refractivity contribution >= 4 is 0 Å². The van der Waals surface area contributed by atoms with Crippen LogP contribution < -0.4 is 9.60 Å². The van der Waals surface area contributed by atoms with E-state index in [-0.39, 0.29) is 4.70 Å². The number of nitrogens with one attached hydrogen (secondary N) is 1. The Morgan fingerprint density at radius 2 is 1.47 bits per heavy atom. The van der Waals surface area contributed by atoms with Gasteiger partial charge in [0.25, 0.3) is 0 Å². The highest BCUT2D eigenvalue weighted by molar-refractivity contribution is 5.17. The fourth-order valence-corrected chi connectivity index (χ4v) is 2.53. The average Bonchev–Trinajstić information content (AvgIpc) is 2.83. The van der Waals surface area contributed by atoms with Crippen LogP contribution in [0, 0.1) is 0 Å². The van der Waals surface area contributed by atoms with E-state index in [1.165, 1.54) is 70.8 Å². The molecule has 1 heterocycles. The normalized spacial score (nSPS) is 17.4. The number of rotatable bonds is 11. The van der Waals surface area contributed by atoms with Crippen LogP contribution in [-0.2, 0) is 0 Å². The maximum absolute atomic E-state index is 2.42. The zero-order valence-electron chi connectivity index (χ0n) is 12.9. The Hall–Kier alpha value is -0.630. The summed E-state index contributed by atoms with van der Waals surface area (Å²) in [5, 5.41) is 0. The van der Waals surface area contributed by atoms with Crippen molar-refractivity contribution < 1.29 is 9.60 Å². The maximum Gasteiger partial charge on any atom is 0.102 e. The number of allylic oxidation sites excluding steroid dienone is 2. The number of hydrogen-bond acceptors (Lipinski definition) is 0. The van der Waals surface area contributed by atoms with Crippen molar-refractivity contribution in [1.82, 2.24) is 0 Å². The lowest BCUT2D eigenvalue weighted by atomic mass is 10.1. The Morgan fingerprint density at radius 3 is 2.16 bits per heavy atom. The lowest BCUT2D eigenvalue weighted by Crippen LogP contribution is -3.01. The van der Waals surface area contributed by atoms with Gasteiger partial charge in [0.05, 0.1) is 12.7 Å². The minimum atomic E-state index is 0. The SMILES string of the molecule is CCCCCCCCC[NH+]1C=CC(CCCC)=C1.[F-]. The predicted molar refractivity (Wildman–Crippen MR) is 80.6 cm³/mol. The first-order valence-corrected chi connectivity index (χ1v) is 8.11. The molecule has 1 unspecified atom stereocenters. The van der Waals surface area contributed by atoms with Gasteiger partial charge in [0.15, 0.2) is 0 Å². The van der Waals surface area contributed by atoms with Crippen molar-refractivity contribution in [1.29, 1.82) is 0 Å². The molecular formula is C17H32FN. The van der Waals surface area contributed by atoms with E-state index in [1.807, 2.05) is 0 Å². The van der Waals surface area contributed by atoms with Crippen LogP contribution in [0.1, 0.15) is 78.1 Å². The third kappa shape index (κ3) is 8.99. The van der Waals surface area contributed by atoms with Crippen molar-refractivity contribution in [2.75, 3.05) is 6.54 Å². The number of halogens is 1. The van der Waals surface area contributed by atoms with E-state index in [1.54, 1.807) is 10.5 Å². The largest absolute Gasteiger partial charge is 1.00 e. The first-order valence-electron chi connectivity index (χ1n) is 8.11. The van der Waals surface area contributed by atoms with Gasteiger partial charge in [-0.3, -0.25) is 4.90 Å². The zero-order chi connectivity index (χ0) is 13.1. The summed E-state index contributed by atoms with van der Waals surface area (Å²) in [5.41, 5.74) is 1.55. The Labute approximate surface area is 119 Å². The van der Waals surface area contributed by atoms with Crippen LogP contribution in [0.25, 0.3) is 0 Å². The van der Waals surface area contributed by atoms with Gasteiger partial charge in [-0.2, -0.15) is 0 Å². The van der Waals surface area contributed by atoms with Crippen LogP contribution in [0.5, 0.6) is 0 Å². The van der Waals surface area contributed by atoms with Gasteiger partial charge in [-0.15, -0.1) is 0 Å². The summed E-state index contributed by atoms with van der Waals surface area (Å²) in [5.74, 6) is 0. The third-order valence-corrected chi connectivity index (χ3v) is 3.77. The standard InChI is InChI=1S/C17H31N.FH/c1-3-5-7-8-9-10-11-14-18-15-13-17(16-18)12-6-4-2;/h13,15-16H,3-12,14H2,1-2H3;1H. The minimum Gasteiger partial charge on any atom is -1.00 e. The number of unbranched alkanes of at least 4 members (excludes halogenated alkanes) is 7. The van der Waals surface area contributed by atoms with E-state index in [4.69, 9.17) is 0 Å². The fourth-order valence-electron chi connectivity index (χ4n) is 2.53. The van der Waals surface area contributed by atoms with Crippen molar-refractivity contribution in [2.45, 2.75) is 78.1 Å². The van der Waals surface area contributed by atoms with Gasteiger partial charge in [0.1, 0.15) is 6.20 Å². The molecule has 0 radical (unpaired) electrons. The molecule has 19 heavy (non-hydrogen) atoms. The Kier molecular flexibility index (Phi) is 12.0. The van der Waals surface area contributed by atoms with Crippen LogP contribution in [0.15, 0.2) is 24.0 Å². The number of quaternary nitrogens is 1. The lowest BCUT2D eigenvalue weighted by Gasteiger charge is -2.06. The van der Waals surface area contributed by atoms with Crippen molar-refractivity contribution in [3.8, 4) is 0 Å². The van der Waals surface area contributed by atoms with Gasteiger partial charge < -0.3 is 4.70 Å². The van der Waals surface area contributed by atoms with Gasteiger partial charge in [-0.25, -0.2) is 0 Å². The molecule has 0 aromatic rings. The summed E-state index contributed by atoms with van der Waals surface area (Å²) in [6, 6.07) is 0. The van der Waals surface area contributed by atoms with Crippen LogP contribution in [0.2, 0.25) is 0 Å². The molecule has 0 aromatic carbocycles. The molecule has 1 N–H and O–H groups in total. The van der Waals surface area contributed by atoms with Crippen LogP contribution in [-0.4, -0.2) is 6.54 Å². The molecule has 0 aromatic heterocycles. The Balaban J connectivity index is 0.00000324. The molecule has 0 saturated heterocycles. The van der Waals surface area contributed by atoms with Gasteiger partial charge in [0.2, 0.25) is 0 Å².